The molecule has 4 aromatic rings. The van der Waals surface area contributed by atoms with Crippen LogP contribution >= 0.6 is 0 Å². The highest BCUT2D eigenvalue weighted by Crippen LogP contribution is 2.37. The first-order valence-corrected chi connectivity index (χ1v) is 11.7. The Morgan fingerprint density at radius 1 is 0.941 bits per heavy atom. The Bertz CT molecular complexity index is 1360. The molecule has 2 aliphatic rings. The Labute approximate surface area is 198 Å². The first-order chi connectivity index (χ1) is 16.3. The van der Waals surface area contributed by atoms with E-state index in [0.717, 1.165) is 40.8 Å². The average Bonchev–Trinajstić information content (AvgIpc) is 3.32. The molecule has 2 aliphatic heterocycles. The number of aromatic nitrogens is 3. The molecule has 9 heteroatoms. The van der Waals surface area contributed by atoms with Gasteiger partial charge >= 0.3 is 7.12 Å². The fourth-order valence-electron chi connectivity index (χ4n) is 4.39. The quantitative estimate of drug-likeness (QED) is 0.431. The van der Waals surface area contributed by atoms with Crippen molar-refractivity contribution in [2.45, 2.75) is 38.9 Å². The van der Waals surface area contributed by atoms with Crippen LogP contribution in [0, 0.1) is 0 Å². The summed E-state index contributed by atoms with van der Waals surface area (Å²) < 4.78 is 24.2. The number of benzene rings is 1. The number of fused-ring (bicyclic) bond motifs is 3. The maximum atomic E-state index is 6.27. The van der Waals surface area contributed by atoms with Gasteiger partial charge in [0.25, 0.3) is 0 Å². The van der Waals surface area contributed by atoms with Crippen LogP contribution in [0.4, 0.5) is 5.82 Å². The summed E-state index contributed by atoms with van der Waals surface area (Å²) in [5.74, 6) is 1.39. The van der Waals surface area contributed by atoms with Crippen LogP contribution in [0.25, 0.3) is 33.6 Å². The van der Waals surface area contributed by atoms with Crippen LogP contribution in [0.1, 0.15) is 27.7 Å². The van der Waals surface area contributed by atoms with E-state index in [1.54, 1.807) is 6.20 Å². The van der Waals surface area contributed by atoms with Gasteiger partial charge in [-0.15, -0.1) is 0 Å². The van der Waals surface area contributed by atoms with Crippen LogP contribution < -0.4 is 10.4 Å². The molecule has 0 radical (unpaired) electrons. The smallest absolute Gasteiger partial charge is 0.432 e. The maximum Gasteiger partial charge on any atom is 0.494 e. The number of pyridine rings is 1. The van der Waals surface area contributed by atoms with Crippen LogP contribution in [0.3, 0.4) is 0 Å². The fourth-order valence-corrected chi connectivity index (χ4v) is 4.39. The Balaban J connectivity index is 1.47. The van der Waals surface area contributed by atoms with E-state index >= 15 is 0 Å². The third-order valence-corrected chi connectivity index (χ3v) is 7.05. The summed E-state index contributed by atoms with van der Waals surface area (Å²) in [5, 5.41) is 0.873. The van der Waals surface area contributed by atoms with Crippen molar-refractivity contribution < 1.29 is 18.5 Å². The molecule has 34 heavy (non-hydrogen) atoms. The normalized spacial score (nSPS) is 19.9. The Morgan fingerprint density at radius 3 is 2.47 bits per heavy atom. The Kier molecular flexibility index (Phi) is 4.91. The number of hydrogen-bond donors (Lipinski definition) is 0. The SMILES string of the molecule is CC1(C)OB(c2cccc(-c3nc(N4CCOCC4)c4oc5ncccc5c4n3)c2)OC1(C)C. The molecular weight excluding hydrogens is 431 g/mol. The molecule has 0 spiro atoms. The summed E-state index contributed by atoms with van der Waals surface area (Å²) in [6.07, 6.45) is 1.72. The van der Waals surface area contributed by atoms with E-state index in [-0.39, 0.29) is 0 Å². The lowest BCUT2D eigenvalue weighted by molar-refractivity contribution is 0.00578. The van der Waals surface area contributed by atoms with Crippen LogP contribution in [0.5, 0.6) is 0 Å². The van der Waals surface area contributed by atoms with Crippen molar-refractivity contribution in [1.82, 2.24) is 15.0 Å². The second-order valence-electron chi connectivity index (χ2n) is 9.82. The van der Waals surface area contributed by atoms with E-state index < -0.39 is 18.3 Å². The van der Waals surface area contributed by atoms with Crippen LogP contribution in [-0.4, -0.2) is 59.6 Å². The van der Waals surface area contributed by atoms with Gasteiger partial charge in [0, 0.05) is 24.8 Å². The van der Waals surface area contributed by atoms with Crippen molar-refractivity contribution in [2.24, 2.45) is 0 Å². The minimum atomic E-state index is -0.452. The standard InChI is InChI=1S/C25H27BN4O4/c1-24(2)25(3,4)34-26(33-24)17-8-5-7-16(15-17)21-28-19-18-9-6-10-27-23(18)32-20(19)22(29-21)30-11-13-31-14-12-30/h5-10,15H,11-14H2,1-4H3. The van der Waals surface area contributed by atoms with Gasteiger partial charge in [-0.05, 0) is 45.3 Å². The molecule has 8 nitrogen and oxygen atoms in total. The molecule has 3 aromatic heterocycles. The molecule has 0 bridgehead atoms. The first-order valence-electron chi connectivity index (χ1n) is 11.7. The summed E-state index contributed by atoms with van der Waals surface area (Å²) in [6, 6.07) is 11.9. The van der Waals surface area contributed by atoms with E-state index in [0.29, 0.717) is 30.3 Å². The minimum absolute atomic E-state index is 0.407. The number of rotatable bonds is 3. The van der Waals surface area contributed by atoms with Crippen molar-refractivity contribution in [1.29, 1.82) is 0 Å². The third-order valence-electron chi connectivity index (χ3n) is 7.05. The van der Waals surface area contributed by atoms with Crippen molar-refractivity contribution in [3.05, 3.63) is 42.6 Å². The predicted octanol–water partition coefficient (Wildman–Crippen LogP) is 3.57. The lowest BCUT2D eigenvalue weighted by Crippen LogP contribution is -2.41. The molecule has 2 fully saturated rings. The molecule has 0 amide bonds. The van der Waals surface area contributed by atoms with Gasteiger partial charge in [0.1, 0.15) is 5.52 Å². The molecule has 0 unspecified atom stereocenters. The molecule has 2 saturated heterocycles. The summed E-state index contributed by atoms with van der Waals surface area (Å²) in [5.41, 5.74) is 2.99. The van der Waals surface area contributed by atoms with Gasteiger partial charge in [-0.25, -0.2) is 15.0 Å². The molecule has 1 aromatic carbocycles. The molecule has 5 heterocycles. The van der Waals surface area contributed by atoms with E-state index in [1.807, 2.05) is 36.4 Å². The molecule has 0 aliphatic carbocycles. The number of hydrogen-bond acceptors (Lipinski definition) is 8. The number of anilines is 1. The molecule has 174 valence electrons. The van der Waals surface area contributed by atoms with Gasteiger partial charge in [0.2, 0.25) is 5.71 Å². The first kappa shape index (κ1) is 21.5. The highest BCUT2D eigenvalue weighted by atomic mass is 16.7. The minimum Gasteiger partial charge on any atom is -0.432 e. The van der Waals surface area contributed by atoms with Crippen LogP contribution in [0.15, 0.2) is 47.0 Å². The van der Waals surface area contributed by atoms with Gasteiger partial charge in [-0.3, -0.25) is 0 Å². The van der Waals surface area contributed by atoms with Crippen LogP contribution in [-0.2, 0) is 14.0 Å². The van der Waals surface area contributed by atoms with Crippen molar-refractivity contribution in [3.8, 4) is 11.4 Å². The highest BCUT2D eigenvalue weighted by molar-refractivity contribution is 6.62. The fraction of sp³-hybridized carbons (Fsp3) is 0.400. The topological polar surface area (TPSA) is 82.7 Å². The number of nitrogens with zero attached hydrogens (tertiary/aromatic N) is 4. The largest absolute Gasteiger partial charge is 0.494 e. The van der Waals surface area contributed by atoms with Gasteiger partial charge in [0.05, 0.1) is 29.8 Å². The van der Waals surface area contributed by atoms with E-state index in [1.165, 1.54) is 0 Å². The average molecular weight is 458 g/mol. The van der Waals surface area contributed by atoms with Crippen molar-refractivity contribution >= 4 is 40.6 Å². The second-order valence-corrected chi connectivity index (χ2v) is 9.82. The summed E-state index contributed by atoms with van der Waals surface area (Å²) >= 11 is 0. The molecule has 0 N–H and O–H groups in total. The summed E-state index contributed by atoms with van der Waals surface area (Å²) in [7, 11) is -0.452. The zero-order chi connectivity index (χ0) is 23.5. The number of furan rings is 1. The third kappa shape index (κ3) is 3.46. The van der Waals surface area contributed by atoms with E-state index in [4.69, 9.17) is 28.4 Å². The van der Waals surface area contributed by atoms with Gasteiger partial charge < -0.3 is 23.4 Å². The zero-order valence-corrected chi connectivity index (χ0v) is 19.9. The molecular formula is C25H27BN4O4. The number of morpholine rings is 1. The highest BCUT2D eigenvalue weighted by Gasteiger charge is 2.51. The van der Waals surface area contributed by atoms with Gasteiger partial charge in [0.15, 0.2) is 17.2 Å². The molecule has 6 rings (SSSR count). The van der Waals surface area contributed by atoms with E-state index in [2.05, 4.69) is 37.6 Å². The molecule has 0 saturated carbocycles. The lowest BCUT2D eigenvalue weighted by Gasteiger charge is -2.32. The monoisotopic (exact) mass is 458 g/mol. The lowest BCUT2D eigenvalue weighted by atomic mass is 9.78. The van der Waals surface area contributed by atoms with Crippen molar-refractivity contribution in [2.75, 3.05) is 31.2 Å². The summed E-state index contributed by atoms with van der Waals surface area (Å²) in [6.45, 7) is 11.0. The Morgan fingerprint density at radius 2 is 1.71 bits per heavy atom. The second kappa shape index (κ2) is 7.76. The Hall–Kier alpha value is -3.01. The van der Waals surface area contributed by atoms with Gasteiger partial charge in [-0.2, -0.15) is 0 Å². The van der Waals surface area contributed by atoms with Gasteiger partial charge in [-0.1, -0.05) is 24.3 Å². The summed E-state index contributed by atoms with van der Waals surface area (Å²) in [4.78, 5) is 16.5. The predicted molar refractivity (Wildman–Crippen MR) is 131 cm³/mol. The van der Waals surface area contributed by atoms with Crippen molar-refractivity contribution in [3.63, 3.8) is 0 Å². The van der Waals surface area contributed by atoms with Crippen LogP contribution in [0.2, 0.25) is 0 Å². The molecule has 0 atom stereocenters. The number of ether oxygens (including phenoxy) is 1. The van der Waals surface area contributed by atoms with E-state index in [9.17, 15) is 0 Å². The zero-order valence-electron chi connectivity index (χ0n) is 19.9. The maximum absolute atomic E-state index is 6.27.